The molecular weight excluding hydrogens is 416 g/mol. The molecule has 1 saturated heterocycles. The number of hydrogen-bond acceptors (Lipinski definition) is 3. The van der Waals surface area contributed by atoms with Crippen molar-refractivity contribution in [2.24, 2.45) is 0 Å². The molecule has 3 aromatic carbocycles. The molecule has 0 spiro atoms. The molecule has 1 aliphatic rings. The van der Waals surface area contributed by atoms with Crippen LogP contribution in [0.2, 0.25) is 0 Å². The topological polar surface area (TPSA) is 33.1 Å². The highest BCUT2D eigenvalue weighted by Crippen LogP contribution is 2.40. The Balaban J connectivity index is 1.46. The normalized spacial score (nSPS) is 14.8. The van der Waals surface area contributed by atoms with E-state index < -0.39 is 5.54 Å². The molecule has 0 saturated carbocycles. The highest BCUT2D eigenvalue weighted by molar-refractivity contribution is 5.50. The van der Waals surface area contributed by atoms with Crippen LogP contribution < -0.4 is 5.32 Å². The molecule has 0 amide bonds. The average Bonchev–Trinajstić information content (AvgIpc) is 3.39. The van der Waals surface area contributed by atoms with E-state index in [9.17, 15) is 0 Å². The highest BCUT2D eigenvalue weighted by atomic mass is 15.2. The van der Waals surface area contributed by atoms with Gasteiger partial charge in [0.15, 0.2) is 0 Å². The van der Waals surface area contributed by atoms with E-state index in [0.717, 1.165) is 31.6 Å². The Morgan fingerprint density at radius 2 is 1.24 bits per heavy atom. The van der Waals surface area contributed by atoms with Crippen molar-refractivity contribution in [3.8, 4) is 0 Å². The van der Waals surface area contributed by atoms with Gasteiger partial charge in [0.1, 0.15) is 5.54 Å². The van der Waals surface area contributed by atoms with Crippen molar-refractivity contribution < 1.29 is 0 Å². The van der Waals surface area contributed by atoms with Crippen LogP contribution in [0.4, 0.5) is 0 Å². The Kier molecular flexibility index (Phi) is 7.18. The summed E-state index contributed by atoms with van der Waals surface area (Å²) in [6.07, 6.45) is 7.67. The largest absolute Gasteiger partial charge is 0.319 e. The molecule has 4 aromatic rings. The fourth-order valence-corrected chi connectivity index (χ4v) is 5.24. The van der Waals surface area contributed by atoms with Gasteiger partial charge < -0.3 is 14.8 Å². The molecule has 0 bridgehead atoms. The van der Waals surface area contributed by atoms with Crippen molar-refractivity contribution >= 4 is 0 Å². The zero-order chi connectivity index (χ0) is 23.1. The molecule has 174 valence electrons. The number of unbranched alkanes of at least 4 members (excludes halogenated alkanes) is 1. The lowest BCUT2D eigenvalue weighted by Gasteiger charge is -2.37. The molecule has 5 rings (SSSR count). The Bertz CT molecular complexity index is 1040. The second-order valence-corrected chi connectivity index (χ2v) is 9.13. The summed E-state index contributed by atoms with van der Waals surface area (Å²) in [5, 5.41) is 3.43. The molecule has 0 atom stereocenters. The van der Waals surface area contributed by atoms with Crippen LogP contribution in [0.5, 0.6) is 0 Å². The van der Waals surface area contributed by atoms with E-state index in [4.69, 9.17) is 4.98 Å². The minimum Gasteiger partial charge on any atom is -0.319 e. The van der Waals surface area contributed by atoms with Crippen LogP contribution in [0.15, 0.2) is 104 Å². The van der Waals surface area contributed by atoms with Crippen LogP contribution in [0.3, 0.4) is 0 Å². The minimum atomic E-state index is -0.476. The maximum absolute atomic E-state index is 4.88. The molecule has 4 nitrogen and oxygen atoms in total. The number of benzene rings is 3. The van der Waals surface area contributed by atoms with Gasteiger partial charge >= 0.3 is 0 Å². The first kappa shape index (κ1) is 22.6. The molecule has 34 heavy (non-hydrogen) atoms. The van der Waals surface area contributed by atoms with E-state index in [0.29, 0.717) is 0 Å². The third-order valence-corrected chi connectivity index (χ3v) is 6.96. The van der Waals surface area contributed by atoms with Crippen LogP contribution >= 0.6 is 0 Å². The summed E-state index contributed by atoms with van der Waals surface area (Å²) in [6.45, 7) is 5.75. The lowest BCUT2D eigenvalue weighted by atomic mass is 9.77. The molecule has 1 aliphatic heterocycles. The number of hydrogen-bond donors (Lipinski definition) is 1. The van der Waals surface area contributed by atoms with Gasteiger partial charge in [0.25, 0.3) is 0 Å². The number of piperazine rings is 1. The van der Waals surface area contributed by atoms with Crippen LogP contribution in [0, 0.1) is 0 Å². The maximum Gasteiger partial charge on any atom is 0.121 e. The fourth-order valence-electron chi connectivity index (χ4n) is 5.24. The van der Waals surface area contributed by atoms with Gasteiger partial charge in [-0.05, 0) is 42.5 Å². The summed E-state index contributed by atoms with van der Waals surface area (Å²) in [5.74, 6) is 0. The summed E-state index contributed by atoms with van der Waals surface area (Å²) in [7, 11) is 0. The van der Waals surface area contributed by atoms with E-state index in [1.807, 2.05) is 6.33 Å². The SMILES string of the molecule is c1ccc(C(c2ccccc2)(c2ccccc2)n2cnc(CCCCN3CCNCC3)c2)cc1. The molecular formula is C30H34N4. The smallest absolute Gasteiger partial charge is 0.121 e. The number of nitrogens with zero attached hydrogens (tertiary/aromatic N) is 3. The Morgan fingerprint density at radius 3 is 1.76 bits per heavy atom. The second kappa shape index (κ2) is 10.8. The Morgan fingerprint density at radius 1 is 0.706 bits per heavy atom. The number of rotatable bonds is 9. The molecule has 1 N–H and O–H groups in total. The molecule has 4 heteroatoms. The van der Waals surface area contributed by atoms with Gasteiger partial charge in [0.2, 0.25) is 0 Å². The number of aromatic nitrogens is 2. The quantitative estimate of drug-likeness (QED) is 0.289. The van der Waals surface area contributed by atoms with Gasteiger partial charge in [-0.15, -0.1) is 0 Å². The average molecular weight is 451 g/mol. The van der Waals surface area contributed by atoms with Crippen LogP contribution in [-0.4, -0.2) is 47.2 Å². The number of nitrogens with one attached hydrogen (secondary N) is 1. The van der Waals surface area contributed by atoms with Gasteiger partial charge in [-0.25, -0.2) is 4.98 Å². The van der Waals surface area contributed by atoms with Crippen molar-refractivity contribution in [1.82, 2.24) is 19.8 Å². The molecule has 2 heterocycles. The predicted molar refractivity (Wildman–Crippen MR) is 139 cm³/mol. The lowest BCUT2D eigenvalue weighted by Crippen LogP contribution is -2.43. The van der Waals surface area contributed by atoms with Gasteiger partial charge in [0, 0.05) is 32.4 Å². The standard InChI is InChI=1S/C30H34N4/c1-4-12-26(13-5-1)30(27-14-6-2-7-15-27,28-16-8-3-9-17-28)34-24-29(32-25-34)18-10-11-21-33-22-19-31-20-23-33/h1-9,12-17,24-25,31H,10-11,18-23H2. The van der Waals surface area contributed by atoms with Crippen molar-refractivity contribution in [2.45, 2.75) is 24.8 Å². The molecule has 0 unspecified atom stereocenters. The first-order chi connectivity index (χ1) is 16.9. The van der Waals surface area contributed by atoms with Gasteiger partial charge in [0.05, 0.1) is 12.0 Å². The summed E-state index contributed by atoms with van der Waals surface area (Å²) in [6, 6.07) is 32.4. The summed E-state index contributed by atoms with van der Waals surface area (Å²) < 4.78 is 2.32. The van der Waals surface area contributed by atoms with E-state index in [2.05, 4.69) is 112 Å². The fraction of sp³-hybridized carbons (Fsp3) is 0.300. The van der Waals surface area contributed by atoms with E-state index in [1.54, 1.807) is 0 Å². The Hall–Kier alpha value is -3.21. The first-order valence-corrected chi connectivity index (χ1v) is 12.5. The second-order valence-electron chi connectivity index (χ2n) is 9.13. The zero-order valence-electron chi connectivity index (χ0n) is 19.8. The van der Waals surface area contributed by atoms with E-state index in [-0.39, 0.29) is 0 Å². The van der Waals surface area contributed by atoms with Crippen LogP contribution in [0.25, 0.3) is 0 Å². The number of imidazole rings is 1. The van der Waals surface area contributed by atoms with Crippen molar-refractivity contribution in [1.29, 1.82) is 0 Å². The van der Waals surface area contributed by atoms with Gasteiger partial charge in [-0.3, -0.25) is 0 Å². The third-order valence-electron chi connectivity index (χ3n) is 6.96. The van der Waals surface area contributed by atoms with Crippen molar-refractivity contribution in [2.75, 3.05) is 32.7 Å². The predicted octanol–water partition coefficient (Wildman–Crippen LogP) is 4.95. The van der Waals surface area contributed by atoms with E-state index in [1.165, 1.54) is 42.7 Å². The summed E-state index contributed by atoms with van der Waals surface area (Å²) >= 11 is 0. The summed E-state index contributed by atoms with van der Waals surface area (Å²) in [4.78, 5) is 7.45. The van der Waals surface area contributed by atoms with Crippen LogP contribution in [-0.2, 0) is 12.0 Å². The molecule has 1 aromatic heterocycles. The van der Waals surface area contributed by atoms with Crippen LogP contribution in [0.1, 0.15) is 35.2 Å². The van der Waals surface area contributed by atoms with Crippen molar-refractivity contribution in [3.05, 3.63) is 126 Å². The molecule has 0 aliphatic carbocycles. The summed E-state index contributed by atoms with van der Waals surface area (Å²) in [5.41, 5.74) is 4.38. The third kappa shape index (κ3) is 4.70. The molecule has 0 radical (unpaired) electrons. The maximum atomic E-state index is 4.88. The highest BCUT2D eigenvalue weighted by Gasteiger charge is 2.38. The van der Waals surface area contributed by atoms with E-state index >= 15 is 0 Å². The minimum absolute atomic E-state index is 0.476. The van der Waals surface area contributed by atoms with Crippen molar-refractivity contribution in [3.63, 3.8) is 0 Å². The lowest BCUT2D eigenvalue weighted by molar-refractivity contribution is 0.237. The zero-order valence-corrected chi connectivity index (χ0v) is 19.8. The number of aryl methyl sites for hydroxylation is 1. The monoisotopic (exact) mass is 450 g/mol. The Labute approximate surface area is 203 Å². The molecule has 1 fully saturated rings. The van der Waals surface area contributed by atoms with Gasteiger partial charge in [-0.2, -0.15) is 0 Å². The first-order valence-electron chi connectivity index (χ1n) is 12.5. The van der Waals surface area contributed by atoms with Gasteiger partial charge in [-0.1, -0.05) is 91.0 Å².